The van der Waals surface area contributed by atoms with E-state index in [1.807, 2.05) is 0 Å². The molecule has 136 valence electrons. The molecule has 2 rings (SSSR count). The van der Waals surface area contributed by atoms with Crippen LogP contribution in [0.15, 0.2) is 25.0 Å². The summed E-state index contributed by atoms with van der Waals surface area (Å²) in [5, 5.41) is 0. The summed E-state index contributed by atoms with van der Waals surface area (Å²) in [4.78, 5) is 11.7. The van der Waals surface area contributed by atoms with E-state index in [1.54, 1.807) is 33.8 Å². The van der Waals surface area contributed by atoms with Gasteiger partial charge < -0.3 is 28.4 Å². The molecule has 0 unspecified atom stereocenters. The lowest BCUT2D eigenvalue weighted by Crippen LogP contribution is -2.46. The van der Waals surface area contributed by atoms with Crippen molar-refractivity contribution in [2.45, 2.75) is 63.7 Å². The molecule has 7 heteroatoms. The zero-order valence-electron chi connectivity index (χ0n) is 14.9. The lowest BCUT2D eigenvalue weighted by atomic mass is 10.0. The summed E-state index contributed by atoms with van der Waals surface area (Å²) < 4.78 is 33.7. The first-order chi connectivity index (χ1) is 11.1. The van der Waals surface area contributed by atoms with Crippen LogP contribution in [-0.4, -0.2) is 55.7 Å². The molecule has 0 radical (unpaired) electrons. The minimum Gasteiger partial charge on any atom is -0.478 e. The summed E-state index contributed by atoms with van der Waals surface area (Å²) in [6.07, 6.45) is -0.476. The van der Waals surface area contributed by atoms with Crippen molar-refractivity contribution in [3.8, 4) is 0 Å². The zero-order valence-corrected chi connectivity index (χ0v) is 14.9. The van der Waals surface area contributed by atoms with Gasteiger partial charge in [0.25, 0.3) is 0 Å². The average molecular weight is 342 g/mol. The van der Waals surface area contributed by atoms with Crippen molar-refractivity contribution in [2.24, 2.45) is 0 Å². The van der Waals surface area contributed by atoms with Crippen LogP contribution in [0.4, 0.5) is 0 Å². The van der Waals surface area contributed by atoms with Gasteiger partial charge in [0, 0.05) is 0 Å². The van der Waals surface area contributed by atoms with Crippen molar-refractivity contribution in [1.82, 2.24) is 0 Å². The summed E-state index contributed by atoms with van der Waals surface area (Å²) in [6, 6.07) is 0. The Balaban J connectivity index is 2.24. The molecule has 2 aliphatic rings. The molecule has 0 aromatic carbocycles. The van der Waals surface area contributed by atoms with E-state index in [-0.39, 0.29) is 12.4 Å². The van der Waals surface area contributed by atoms with E-state index in [9.17, 15) is 4.79 Å². The molecule has 7 nitrogen and oxygen atoms in total. The van der Waals surface area contributed by atoms with E-state index in [4.69, 9.17) is 23.7 Å². The number of rotatable bonds is 6. The molecule has 2 aliphatic heterocycles. The molecule has 0 amide bonds. The number of methoxy groups -OCH3 is 1. The first-order valence-corrected chi connectivity index (χ1v) is 7.82. The fourth-order valence-corrected chi connectivity index (χ4v) is 2.81. The standard InChI is InChI=1S/C17H26O7/c1-8-11-14(24-17(5,6)22-11)13(21-10(2)15(18)19-7)12-9-20-16(3,4)23-12/h8,11-14H,1-2,9H2,3-7H3/t11-,12-,13-,14-/m1/s1. The Morgan fingerprint density at radius 1 is 1.21 bits per heavy atom. The molecular formula is C17H26O7. The first-order valence-electron chi connectivity index (χ1n) is 7.82. The highest BCUT2D eigenvalue weighted by Gasteiger charge is 2.51. The van der Waals surface area contributed by atoms with E-state index < -0.39 is 42.0 Å². The van der Waals surface area contributed by atoms with Crippen LogP contribution in [-0.2, 0) is 33.2 Å². The van der Waals surface area contributed by atoms with Crippen molar-refractivity contribution < 1.29 is 33.2 Å². The molecular weight excluding hydrogens is 316 g/mol. The van der Waals surface area contributed by atoms with Gasteiger partial charge in [-0.25, -0.2) is 4.79 Å². The Morgan fingerprint density at radius 3 is 2.38 bits per heavy atom. The maximum Gasteiger partial charge on any atom is 0.372 e. The highest BCUT2D eigenvalue weighted by atomic mass is 16.8. The molecule has 0 spiro atoms. The number of esters is 1. The molecule has 0 saturated carbocycles. The Kier molecular flexibility index (Phi) is 5.39. The van der Waals surface area contributed by atoms with Gasteiger partial charge in [-0.05, 0) is 34.3 Å². The van der Waals surface area contributed by atoms with Gasteiger partial charge >= 0.3 is 5.97 Å². The Bertz CT molecular complexity index is 511. The lowest BCUT2D eigenvalue weighted by molar-refractivity contribution is -0.184. The molecule has 2 fully saturated rings. The molecule has 4 atom stereocenters. The zero-order chi connectivity index (χ0) is 18.1. The Labute approximate surface area is 142 Å². The van der Waals surface area contributed by atoms with E-state index in [0.29, 0.717) is 0 Å². The van der Waals surface area contributed by atoms with Crippen LogP contribution in [0.1, 0.15) is 27.7 Å². The minimum absolute atomic E-state index is 0.132. The van der Waals surface area contributed by atoms with E-state index in [0.717, 1.165) is 0 Å². The van der Waals surface area contributed by atoms with Crippen LogP contribution in [0.2, 0.25) is 0 Å². The molecule has 2 heterocycles. The molecule has 0 aromatic heterocycles. The smallest absolute Gasteiger partial charge is 0.372 e. The van der Waals surface area contributed by atoms with Gasteiger partial charge in [-0.1, -0.05) is 6.08 Å². The quantitative estimate of drug-likeness (QED) is 0.316. The molecule has 24 heavy (non-hydrogen) atoms. The number of hydrogen-bond acceptors (Lipinski definition) is 7. The molecule has 0 aliphatic carbocycles. The van der Waals surface area contributed by atoms with Crippen molar-refractivity contribution in [2.75, 3.05) is 13.7 Å². The first kappa shape index (κ1) is 18.9. The third-order valence-corrected chi connectivity index (χ3v) is 3.81. The Morgan fingerprint density at radius 2 is 1.88 bits per heavy atom. The second kappa shape index (κ2) is 6.84. The largest absolute Gasteiger partial charge is 0.478 e. The van der Waals surface area contributed by atoms with Crippen LogP contribution in [0.5, 0.6) is 0 Å². The third-order valence-electron chi connectivity index (χ3n) is 3.81. The predicted octanol–water partition coefficient (Wildman–Crippen LogP) is 1.92. The fourth-order valence-electron chi connectivity index (χ4n) is 2.81. The van der Waals surface area contributed by atoms with Crippen molar-refractivity contribution in [1.29, 1.82) is 0 Å². The van der Waals surface area contributed by atoms with E-state index in [2.05, 4.69) is 17.9 Å². The Hall–Kier alpha value is -1.41. The number of carbonyl (C=O) groups is 1. The highest BCUT2D eigenvalue weighted by molar-refractivity contribution is 5.85. The van der Waals surface area contributed by atoms with E-state index >= 15 is 0 Å². The van der Waals surface area contributed by atoms with Crippen LogP contribution >= 0.6 is 0 Å². The maximum atomic E-state index is 11.7. The average Bonchev–Trinajstić information content (AvgIpc) is 3.02. The summed E-state index contributed by atoms with van der Waals surface area (Å²) in [5.41, 5.74) is 0. The van der Waals surface area contributed by atoms with Crippen molar-refractivity contribution in [3.63, 3.8) is 0 Å². The lowest BCUT2D eigenvalue weighted by Gasteiger charge is -2.30. The van der Waals surface area contributed by atoms with Crippen LogP contribution in [0.3, 0.4) is 0 Å². The summed E-state index contributed by atoms with van der Waals surface area (Å²) in [6.45, 7) is 14.9. The summed E-state index contributed by atoms with van der Waals surface area (Å²) >= 11 is 0. The minimum atomic E-state index is -0.813. The second-order valence-electron chi connectivity index (χ2n) is 6.66. The molecule has 0 aromatic rings. The summed E-state index contributed by atoms with van der Waals surface area (Å²) in [7, 11) is 1.26. The van der Waals surface area contributed by atoms with Crippen molar-refractivity contribution in [3.05, 3.63) is 25.0 Å². The monoisotopic (exact) mass is 342 g/mol. The molecule has 0 N–H and O–H groups in total. The van der Waals surface area contributed by atoms with Gasteiger partial charge in [0.15, 0.2) is 23.4 Å². The summed E-state index contributed by atoms with van der Waals surface area (Å²) in [5.74, 6) is -2.36. The van der Waals surface area contributed by atoms with Gasteiger partial charge in [-0.15, -0.1) is 6.58 Å². The van der Waals surface area contributed by atoms with Gasteiger partial charge in [0.05, 0.1) is 13.7 Å². The topological polar surface area (TPSA) is 72.5 Å². The van der Waals surface area contributed by atoms with Crippen molar-refractivity contribution >= 4 is 5.97 Å². The van der Waals surface area contributed by atoms with Gasteiger partial charge in [-0.2, -0.15) is 0 Å². The van der Waals surface area contributed by atoms with Crippen LogP contribution in [0.25, 0.3) is 0 Å². The molecule has 2 saturated heterocycles. The van der Waals surface area contributed by atoms with Gasteiger partial charge in [-0.3, -0.25) is 0 Å². The van der Waals surface area contributed by atoms with Gasteiger partial charge in [0.2, 0.25) is 0 Å². The van der Waals surface area contributed by atoms with Crippen LogP contribution in [0, 0.1) is 0 Å². The SMILES string of the molecule is C=C[C@H]1OC(C)(C)O[C@H]1[C@H](OC(=C)C(=O)OC)[C@H]1COC(C)(C)O1. The van der Waals surface area contributed by atoms with E-state index in [1.165, 1.54) is 7.11 Å². The maximum absolute atomic E-state index is 11.7. The normalized spacial score (nSPS) is 32.1. The number of carbonyl (C=O) groups excluding carboxylic acids is 1. The van der Waals surface area contributed by atoms with Gasteiger partial charge in [0.1, 0.15) is 18.3 Å². The second-order valence-corrected chi connectivity index (χ2v) is 6.66. The highest BCUT2D eigenvalue weighted by Crippen LogP contribution is 2.36. The third kappa shape index (κ3) is 4.16. The predicted molar refractivity (Wildman–Crippen MR) is 85.0 cm³/mol. The number of ether oxygens (including phenoxy) is 6. The molecule has 0 bridgehead atoms. The van der Waals surface area contributed by atoms with Crippen LogP contribution < -0.4 is 0 Å². The number of hydrogen-bond donors (Lipinski definition) is 0. The fraction of sp³-hybridized carbons (Fsp3) is 0.706.